The Kier molecular flexibility index (Phi) is 4.88. The normalized spacial score (nSPS) is 22.4. The first-order valence-electron chi connectivity index (χ1n) is 5.97. The molecule has 0 spiro atoms. The third-order valence-corrected chi connectivity index (χ3v) is 5.29. The highest BCUT2D eigenvalue weighted by molar-refractivity contribution is 9.10. The molecule has 1 aliphatic heterocycles. The fourth-order valence-electron chi connectivity index (χ4n) is 2.33. The molecular weight excluding hydrogens is 301 g/mol. The van der Waals surface area contributed by atoms with Crippen molar-refractivity contribution < 1.29 is 4.39 Å². The molecule has 17 heavy (non-hydrogen) atoms. The van der Waals surface area contributed by atoms with Crippen molar-refractivity contribution >= 4 is 27.7 Å². The van der Waals surface area contributed by atoms with Crippen molar-refractivity contribution in [1.29, 1.82) is 0 Å². The van der Waals surface area contributed by atoms with Crippen molar-refractivity contribution in [3.05, 3.63) is 34.1 Å². The highest BCUT2D eigenvalue weighted by Crippen LogP contribution is 2.36. The molecule has 0 bridgehead atoms. The van der Waals surface area contributed by atoms with Crippen LogP contribution < -0.4 is 5.32 Å². The van der Waals surface area contributed by atoms with Gasteiger partial charge in [0.1, 0.15) is 5.82 Å². The first-order chi connectivity index (χ1) is 8.24. The van der Waals surface area contributed by atoms with E-state index in [1.165, 1.54) is 25.0 Å². The minimum Gasteiger partial charge on any atom is -0.312 e. The highest BCUT2D eigenvalue weighted by atomic mass is 79.9. The molecule has 2 atom stereocenters. The third-order valence-electron chi connectivity index (χ3n) is 3.21. The Hall–Kier alpha value is -0.0600. The molecule has 2 unspecified atom stereocenters. The van der Waals surface area contributed by atoms with E-state index in [0.717, 1.165) is 5.56 Å². The quantitative estimate of drug-likeness (QED) is 0.899. The zero-order valence-corrected chi connectivity index (χ0v) is 12.3. The van der Waals surface area contributed by atoms with Gasteiger partial charge in [-0.3, -0.25) is 0 Å². The first kappa shape index (κ1) is 13.4. The zero-order chi connectivity index (χ0) is 12.3. The van der Waals surface area contributed by atoms with Crippen LogP contribution in [0.1, 0.15) is 30.9 Å². The van der Waals surface area contributed by atoms with E-state index in [1.54, 1.807) is 6.07 Å². The maximum absolute atomic E-state index is 14.1. The third kappa shape index (κ3) is 3.04. The standard InChI is InChI=1S/C13H17BrFNS/c1-16-13(11-7-2-3-8-17-11)9-5-4-6-10(14)12(9)15/h4-6,11,13,16H,2-3,7-8H2,1H3. The maximum Gasteiger partial charge on any atom is 0.142 e. The predicted octanol–water partition coefficient (Wildman–Crippen LogP) is 4.13. The van der Waals surface area contributed by atoms with Crippen LogP contribution in [-0.2, 0) is 0 Å². The fourth-order valence-corrected chi connectivity index (χ4v) is 4.19. The van der Waals surface area contributed by atoms with E-state index in [4.69, 9.17) is 0 Å². The minimum absolute atomic E-state index is 0.109. The Labute approximate surface area is 115 Å². The molecule has 1 fully saturated rings. The van der Waals surface area contributed by atoms with Crippen LogP contribution >= 0.6 is 27.7 Å². The Bertz CT molecular complexity index is 380. The van der Waals surface area contributed by atoms with E-state index in [0.29, 0.717) is 9.72 Å². The summed E-state index contributed by atoms with van der Waals surface area (Å²) in [5.74, 6) is 1.07. The second-order valence-electron chi connectivity index (χ2n) is 4.31. The van der Waals surface area contributed by atoms with E-state index in [9.17, 15) is 4.39 Å². The van der Waals surface area contributed by atoms with Gasteiger partial charge in [-0.2, -0.15) is 11.8 Å². The second-order valence-corrected chi connectivity index (χ2v) is 6.52. The van der Waals surface area contributed by atoms with Gasteiger partial charge in [0.15, 0.2) is 0 Å². The second kappa shape index (κ2) is 6.21. The van der Waals surface area contributed by atoms with Gasteiger partial charge in [-0.1, -0.05) is 18.6 Å². The molecule has 1 saturated heterocycles. The van der Waals surface area contributed by atoms with Gasteiger partial charge in [0.05, 0.1) is 4.47 Å². The maximum atomic E-state index is 14.1. The summed E-state index contributed by atoms with van der Waals surface area (Å²) in [5, 5.41) is 3.76. The zero-order valence-electron chi connectivity index (χ0n) is 9.88. The minimum atomic E-state index is -0.127. The molecule has 1 aromatic carbocycles. The summed E-state index contributed by atoms with van der Waals surface area (Å²) in [7, 11) is 1.92. The Morgan fingerprint density at radius 3 is 2.94 bits per heavy atom. The number of halogens is 2. The van der Waals surface area contributed by atoms with Crippen molar-refractivity contribution in [2.45, 2.75) is 30.6 Å². The Balaban J connectivity index is 2.24. The highest BCUT2D eigenvalue weighted by Gasteiger charge is 2.26. The van der Waals surface area contributed by atoms with Gasteiger partial charge in [-0.05, 0) is 47.6 Å². The lowest BCUT2D eigenvalue weighted by Gasteiger charge is -2.30. The number of thioether (sulfide) groups is 1. The van der Waals surface area contributed by atoms with Crippen molar-refractivity contribution in [2.24, 2.45) is 0 Å². The van der Waals surface area contributed by atoms with E-state index >= 15 is 0 Å². The monoisotopic (exact) mass is 317 g/mol. The predicted molar refractivity (Wildman–Crippen MR) is 76.0 cm³/mol. The van der Waals surface area contributed by atoms with Gasteiger partial charge in [0.2, 0.25) is 0 Å². The topological polar surface area (TPSA) is 12.0 Å². The molecule has 1 aromatic rings. The first-order valence-corrected chi connectivity index (χ1v) is 7.81. The molecule has 0 saturated carbocycles. The summed E-state index contributed by atoms with van der Waals surface area (Å²) < 4.78 is 14.6. The summed E-state index contributed by atoms with van der Waals surface area (Å²) >= 11 is 5.22. The molecule has 2 rings (SSSR count). The van der Waals surface area contributed by atoms with E-state index in [2.05, 4.69) is 21.2 Å². The van der Waals surface area contributed by atoms with Crippen LogP contribution in [0.25, 0.3) is 0 Å². The molecule has 1 nitrogen and oxygen atoms in total. The molecule has 0 aromatic heterocycles. The van der Waals surface area contributed by atoms with Crippen molar-refractivity contribution in [3.63, 3.8) is 0 Å². The van der Waals surface area contributed by atoms with E-state index in [1.807, 2.05) is 30.9 Å². The molecule has 1 heterocycles. The number of hydrogen-bond acceptors (Lipinski definition) is 2. The molecule has 0 amide bonds. The lowest BCUT2D eigenvalue weighted by atomic mass is 9.99. The van der Waals surface area contributed by atoms with Gasteiger partial charge in [0, 0.05) is 16.9 Å². The summed E-state index contributed by atoms with van der Waals surface area (Å²) in [4.78, 5) is 0. The molecular formula is C13H17BrFNS. The van der Waals surface area contributed by atoms with Gasteiger partial charge >= 0.3 is 0 Å². The SMILES string of the molecule is CNC(c1cccc(Br)c1F)C1CCCCS1. The molecule has 0 aliphatic carbocycles. The van der Waals surface area contributed by atoms with Crippen LogP contribution in [0.3, 0.4) is 0 Å². The van der Waals surface area contributed by atoms with E-state index in [-0.39, 0.29) is 11.9 Å². The fraction of sp³-hybridized carbons (Fsp3) is 0.538. The molecule has 94 valence electrons. The number of benzene rings is 1. The summed E-state index contributed by atoms with van der Waals surface area (Å²) in [6.45, 7) is 0. The van der Waals surface area contributed by atoms with Crippen LogP contribution in [0.15, 0.2) is 22.7 Å². The molecule has 0 radical (unpaired) electrons. The van der Waals surface area contributed by atoms with Gasteiger partial charge in [-0.25, -0.2) is 4.39 Å². The van der Waals surface area contributed by atoms with Crippen molar-refractivity contribution in [3.8, 4) is 0 Å². The summed E-state index contributed by atoms with van der Waals surface area (Å²) in [6, 6.07) is 5.65. The lowest BCUT2D eigenvalue weighted by Crippen LogP contribution is -2.30. The Morgan fingerprint density at radius 2 is 2.29 bits per heavy atom. The van der Waals surface area contributed by atoms with Crippen LogP contribution in [0.2, 0.25) is 0 Å². The number of nitrogens with one attached hydrogen (secondary N) is 1. The van der Waals surface area contributed by atoms with Crippen LogP contribution in [0, 0.1) is 5.82 Å². The van der Waals surface area contributed by atoms with Crippen molar-refractivity contribution in [1.82, 2.24) is 5.32 Å². The molecule has 1 N–H and O–H groups in total. The molecule has 4 heteroatoms. The largest absolute Gasteiger partial charge is 0.312 e. The van der Waals surface area contributed by atoms with Crippen LogP contribution in [0.5, 0.6) is 0 Å². The average molecular weight is 318 g/mol. The lowest BCUT2D eigenvalue weighted by molar-refractivity contribution is 0.487. The summed E-state index contributed by atoms with van der Waals surface area (Å²) in [6.07, 6.45) is 3.71. The Morgan fingerprint density at radius 1 is 1.47 bits per heavy atom. The summed E-state index contributed by atoms with van der Waals surface area (Å²) in [5.41, 5.74) is 0.779. The number of hydrogen-bond donors (Lipinski definition) is 1. The van der Waals surface area contributed by atoms with Gasteiger partial charge in [0.25, 0.3) is 0 Å². The smallest absolute Gasteiger partial charge is 0.142 e. The van der Waals surface area contributed by atoms with Crippen LogP contribution in [-0.4, -0.2) is 18.1 Å². The van der Waals surface area contributed by atoms with Gasteiger partial charge < -0.3 is 5.32 Å². The number of rotatable bonds is 3. The van der Waals surface area contributed by atoms with E-state index < -0.39 is 0 Å². The average Bonchev–Trinajstić information content (AvgIpc) is 2.37. The van der Waals surface area contributed by atoms with Crippen LogP contribution in [0.4, 0.5) is 4.39 Å². The van der Waals surface area contributed by atoms with Crippen molar-refractivity contribution in [2.75, 3.05) is 12.8 Å². The molecule has 1 aliphatic rings. The van der Waals surface area contributed by atoms with Gasteiger partial charge in [-0.15, -0.1) is 0 Å².